The highest BCUT2D eigenvalue weighted by Gasteiger charge is 2.34. The average molecular weight is 1890 g/mol. The third-order valence-corrected chi connectivity index (χ3v) is 27.6. The van der Waals surface area contributed by atoms with Gasteiger partial charge in [0.2, 0.25) is 10.0 Å². The van der Waals surface area contributed by atoms with E-state index in [1.165, 1.54) is 0 Å². The molecule has 24 heterocycles. The lowest BCUT2D eigenvalue weighted by atomic mass is 10.0. The molecular weight excluding hydrogens is 1790 g/mol. The monoisotopic (exact) mass is 1890 g/mol. The summed E-state index contributed by atoms with van der Waals surface area (Å²) in [6, 6.07) is 20.2. The van der Waals surface area contributed by atoms with Crippen LogP contribution in [0, 0.1) is 34.0 Å². The van der Waals surface area contributed by atoms with E-state index in [9.17, 15) is 13.2 Å². The third-order valence-electron chi connectivity index (χ3n) is 26.9. The number of carbonyl (C=O) groups is 1. The van der Waals surface area contributed by atoms with Gasteiger partial charge in [-0.1, -0.05) is 0 Å². The van der Waals surface area contributed by atoms with E-state index in [0.717, 1.165) is 277 Å². The molecule has 0 saturated heterocycles. The van der Waals surface area contributed by atoms with Gasteiger partial charge in [0.1, 0.15) is 166 Å². The fraction of sp³-hybridized carbons (Fsp3) is 0.376. The number of nitrogens with zero attached hydrogens (tertiary/aromatic N) is 33. The van der Waals surface area contributed by atoms with E-state index in [1.54, 1.807) is 45.0 Å². The number of rotatable bonds is 18. The molecule has 0 fully saturated rings. The Morgan fingerprint density at radius 1 is 0.353 bits per heavy atom. The zero-order chi connectivity index (χ0) is 96.1. The van der Waals surface area contributed by atoms with E-state index in [2.05, 4.69) is 246 Å². The number of aromatic nitrogens is 30. The summed E-state index contributed by atoms with van der Waals surface area (Å²) in [6.07, 6.45) is 44.4. The number of H-pyrrole nitrogens is 6. The van der Waals surface area contributed by atoms with E-state index in [-0.39, 0.29) is 24.5 Å². The number of aromatic amines is 6. The lowest BCUT2D eigenvalue weighted by molar-refractivity contribution is 0.0958. The molecule has 0 aromatic carbocycles. The van der Waals surface area contributed by atoms with Crippen LogP contribution in [0.4, 0.5) is 34.9 Å². The van der Waals surface area contributed by atoms with Crippen LogP contribution < -0.4 is 44.8 Å². The van der Waals surface area contributed by atoms with Crippen molar-refractivity contribution in [2.24, 2.45) is 0 Å². The number of anilines is 6. The third kappa shape index (κ3) is 19.5. The van der Waals surface area contributed by atoms with Crippen molar-refractivity contribution >= 4 is 117 Å². The highest BCUT2D eigenvalue weighted by molar-refractivity contribution is 7.88. The first-order valence-electron chi connectivity index (χ1n) is 46.0. The van der Waals surface area contributed by atoms with Crippen LogP contribution in [0.15, 0.2) is 149 Å². The predicted molar refractivity (Wildman–Crippen MR) is 522 cm³/mol. The Morgan fingerprint density at radius 2 is 0.590 bits per heavy atom. The number of amides is 1. The van der Waals surface area contributed by atoms with E-state index in [1.807, 2.05) is 119 Å². The molecular formula is C93H106N42O3S. The lowest BCUT2D eigenvalue weighted by Crippen LogP contribution is -2.38. The maximum atomic E-state index is 11.8. The topological polar surface area (TPSA) is 534 Å². The van der Waals surface area contributed by atoms with Gasteiger partial charge in [0.25, 0.3) is 5.91 Å². The van der Waals surface area contributed by atoms with Crippen molar-refractivity contribution < 1.29 is 13.2 Å². The van der Waals surface area contributed by atoms with Gasteiger partial charge < -0.3 is 97.3 Å². The molecule has 4 unspecified atom stereocenters. The Morgan fingerprint density at radius 3 is 0.835 bits per heavy atom. The van der Waals surface area contributed by atoms with E-state index < -0.39 is 10.0 Å². The standard InChI is InChI=1S/C16H21N7O2S.C16H19N7O.C16H21N7.3C15H15N7/c1-22(16-13-3-5-17-15(13)18-10-19-16)12-4-6-23-9-11(21-14(23)7-12)8-20-26(2,24)25;1-17-16(24)12-8-23-6-4-10(7-13(23)21-12)22(2)15-11-3-5-18-14(11)19-9-20-15;1-17-8-11-9-23-6-4-12(7-14(23)21-11)22(2)16-13-3-5-18-15(13)19-10-20-16;3*1-21(15-12-2-4-17-14(12)18-9-19-15)11-3-5-22-8-10(7-16)20-13(22)6-11/h3,5,9-10,12,20H,4,6-8H2,1-2H3,(H,17,18,19);3,5,8-10H,4,6-7H2,1-2H3,(H,17,24)(H,18,19,20);3,5,9-10,12,17H,4,6-8H2,1-2H3,(H,18,19,20);3*2,4,8-9,11H,3,5-6H2,1H3,(H,17,18,19)/t;;;2*11-;/m...10./s1. The lowest BCUT2D eigenvalue weighted by Gasteiger charge is -2.32. The van der Waals surface area contributed by atoms with Crippen molar-refractivity contribution in [2.45, 2.75) is 166 Å². The zero-order valence-corrected chi connectivity index (χ0v) is 79.2. The van der Waals surface area contributed by atoms with Gasteiger partial charge in [-0.25, -0.2) is 103 Å². The van der Waals surface area contributed by atoms with Crippen LogP contribution in [0.2, 0.25) is 0 Å². The number of fused-ring (bicyclic) bond motifs is 12. The molecule has 6 aliphatic rings. The summed E-state index contributed by atoms with van der Waals surface area (Å²) in [6.45, 7) is 6.35. The Balaban J connectivity index is 0.000000106. The first-order valence-corrected chi connectivity index (χ1v) is 47.9. The van der Waals surface area contributed by atoms with Crippen molar-refractivity contribution in [3.63, 3.8) is 0 Å². The largest absolute Gasteiger partial charge is 0.356 e. The van der Waals surface area contributed by atoms with Crippen LogP contribution in [0.3, 0.4) is 0 Å². The first-order chi connectivity index (χ1) is 67.6. The summed E-state index contributed by atoms with van der Waals surface area (Å²) in [4.78, 5) is 123. The molecule has 18 aromatic heterocycles. The molecule has 45 nitrogen and oxygen atoms in total. The van der Waals surface area contributed by atoms with Crippen molar-refractivity contribution in [3.05, 3.63) is 218 Å². The Bertz CT molecular complexity index is 7330. The molecule has 46 heteroatoms. The number of imidazole rings is 6. The molecule has 0 aliphatic carbocycles. The SMILES string of the molecule is CN(c1ncnc2[nH]ccc12)C1CCn2cc(C#N)nc2C1.CN(c1ncnc2[nH]ccc12)C1CCn2cc(CNS(C)(=O)=O)nc2C1.CN(c1ncnc2[nH]ccc12)[C@@H]1CCn2cc(C#N)nc2C1.CN(c1ncnc2[nH]ccc12)[C@H]1CCn2cc(C#N)nc2C1.CNC(=O)c1cn2c(n1)CC(N(C)c1ncnc3[nH]ccc13)CC2.CNCc1cn2c(n1)CC(N(C)c1ncnc3[nH]ccc13)CC2. The molecule has 1 amide bonds. The molecule has 139 heavy (non-hydrogen) atoms. The molecule has 6 aliphatic heterocycles. The Kier molecular flexibility index (Phi) is 26.3. The normalized spacial score (nSPS) is 17.2. The summed E-state index contributed by atoms with van der Waals surface area (Å²) in [5.41, 5.74) is 8.91. The number of aryl methyl sites for hydroxylation is 6. The van der Waals surface area contributed by atoms with Gasteiger partial charge >= 0.3 is 0 Å². The minimum absolute atomic E-state index is 0.147. The number of nitriles is 3. The molecule has 0 spiro atoms. The van der Waals surface area contributed by atoms with Gasteiger partial charge in [0.15, 0.2) is 17.1 Å². The fourth-order valence-electron chi connectivity index (χ4n) is 19.4. The minimum atomic E-state index is -3.22. The number of hydrogen-bond acceptors (Lipinski definition) is 31. The van der Waals surface area contributed by atoms with Crippen LogP contribution in [-0.2, 0) is 101 Å². The molecule has 712 valence electrons. The predicted octanol–water partition coefficient (Wildman–Crippen LogP) is 7.38. The quantitative estimate of drug-likeness (QED) is 0.0404. The number of likely N-dealkylation sites (N-methyl/N-ethyl adjacent to an activating group) is 6. The molecule has 0 bridgehead atoms. The molecule has 6 atom stereocenters. The number of nitrogens with one attached hydrogen (secondary N) is 9. The smallest absolute Gasteiger partial charge is 0.271 e. The maximum absolute atomic E-state index is 11.8. The number of sulfonamides is 1. The van der Waals surface area contributed by atoms with E-state index in [0.29, 0.717) is 46.9 Å². The molecule has 18 aromatic rings. The molecule has 0 radical (unpaired) electrons. The Labute approximate surface area is 797 Å². The zero-order valence-electron chi connectivity index (χ0n) is 78.4. The molecule has 24 rings (SSSR count). The van der Waals surface area contributed by atoms with Crippen molar-refractivity contribution in [1.29, 1.82) is 15.8 Å². The molecule has 9 N–H and O–H groups in total. The van der Waals surface area contributed by atoms with Gasteiger partial charge in [-0.15, -0.1) is 0 Å². The second-order valence-electron chi connectivity index (χ2n) is 35.3. The summed E-state index contributed by atoms with van der Waals surface area (Å²) in [7, 11) is 12.7. The van der Waals surface area contributed by atoms with Gasteiger partial charge in [-0.2, -0.15) is 15.8 Å². The first kappa shape index (κ1) is 91.7. The highest BCUT2D eigenvalue weighted by Crippen LogP contribution is 2.36. The average Bonchev–Trinajstić information content (AvgIpc) is 1.64. The highest BCUT2D eigenvalue weighted by atomic mass is 32.2. The van der Waals surface area contributed by atoms with Crippen molar-refractivity contribution in [3.8, 4) is 18.2 Å². The molecule has 0 saturated carbocycles. The summed E-state index contributed by atoms with van der Waals surface area (Å²) >= 11 is 0. The second kappa shape index (κ2) is 39.9. The van der Waals surface area contributed by atoms with Crippen molar-refractivity contribution in [1.82, 2.24) is 162 Å². The second-order valence-corrected chi connectivity index (χ2v) is 37.2. The summed E-state index contributed by atoms with van der Waals surface area (Å²) in [5, 5.41) is 38.9. The summed E-state index contributed by atoms with van der Waals surface area (Å²) in [5.74, 6) is 11.4. The van der Waals surface area contributed by atoms with E-state index >= 15 is 0 Å². The fourth-order valence-corrected chi connectivity index (χ4v) is 19.8. The van der Waals surface area contributed by atoms with Crippen LogP contribution in [0.25, 0.3) is 66.2 Å². The summed E-state index contributed by atoms with van der Waals surface area (Å²) < 4.78 is 37.7. The van der Waals surface area contributed by atoms with Gasteiger partial charge in [-0.3, -0.25) is 4.79 Å². The number of hydrogen-bond donors (Lipinski definition) is 9. The van der Waals surface area contributed by atoms with Crippen LogP contribution >= 0.6 is 0 Å². The Hall–Kier alpha value is -16.4. The minimum Gasteiger partial charge on any atom is -0.356 e. The van der Waals surface area contributed by atoms with Gasteiger partial charge in [0, 0.05) is 244 Å². The number of carbonyl (C=O) groups excluding carboxylic acids is 1. The maximum Gasteiger partial charge on any atom is 0.271 e. The van der Waals surface area contributed by atoms with Crippen molar-refractivity contribution in [2.75, 3.05) is 92.0 Å². The van der Waals surface area contributed by atoms with Crippen LogP contribution in [0.5, 0.6) is 0 Å². The van der Waals surface area contributed by atoms with Crippen LogP contribution in [-0.4, -0.2) is 260 Å². The van der Waals surface area contributed by atoms with E-state index in [4.69, 9.17) is 20.8 Å². The van der Waals surface area contributed by atoms with Gasteiger partial charge in [0.05, 0.1) is 56.5 Å². The van der Waals surface area contributed by atoms with Crippen LogP contribution in [0.1, 0.15) is 112 Å². The van der Waals surface area contributed by atoms with Gasteiger partial charge in [-0.05, 0) is 82.0 Å².